The predicted octanol–water partition coefficient (Wildman–Crippen LogP) is 2.60. The van der Waals surface area contributed by atoms with E-state index in [1.807, 2.05) is 32.0 Å². The van der Waals surface area contributed by atoms with Crippen LogP contribution in [0.5, 0.6) is 0 Å². The van der Waals surface area contributed by atoms with E-state index in [4.69, 9.17) is 0 Å². The Morgan fingerprint density at radius 2 is 1.87 bits per heavy atom. The Morgan fingerprint density at radius 3 is 2.40 bits per heavy atom. The molecular formula is C12H14N2O. The van der Waals surface area contributed by atoms with E-state index in [-0.39, 0.29) is 5.91 Å². The van der Waals surface area contributed by atoms with E-state index in [0.717, 1.165) is 0 Å². The van der Waals surface area contributed by atoms with Crippen LogP contribution in [-0.2, 0) is 0 Å². The van der Waals surface area contributed by atoms with Gasteiger partial charge in [0.2, 0.25) is 0 Å². The predicted molar refractivity (Wildman–Crippen MR) is 59.7 cm³/mol. The average molecular weight is 202 g/mol. The Balaban J connectivity index is 0.000000531. The molecular weight excluding hydrogens is 188 g/mol. The van der Waals surface area contributed by atoms with Gasteiger partial charge in [-0.1, -0.05) is 32.0 Å². The molecule has 2 aromatic rings. The fraction of sp³-hybridized carbons (Fsp3) is 0.167. The van der Waals surface area contributed by atoms with Crippen LogP contribution >= 0.6 is 0 Å². The molecule has 3 heteroatoms. The van der Waals surface area contributed by atoms with Crippen molar-refractivity contribution >= 4 is 5.91 Å². The van der Waals surface area contributed by atoms with E-state index in [2.05, 4.69) is 4.98 Å². The van der Waals surface area contributed by atoms with Gasteiger partial charge in [0.15, 0.2) is 0 Å². The van der Waals surface area contributed by atoms with Crippen LogP contribution in [0.2, 0.25) is 0 Å². The van der Waals surface area contributed by atoms with Crippen molar-refractivity contribution in [1.82, 2.24) is 9.55 Å². The second kappa shape index (κ2) is 5.75. The quantitative estimate of drug-likeness (QED) is 0.712. The van der Waals surface area contributed by atoms with Crippen molar-refractivity contribution in [1.29, 1.82) is 0 Å². The summed E-state index contributed by atoms with van der Waals surface area (Å²) >= 11 is 0. The first kappa shape index (κ1) is 11.2. The minimum Gasteiger partial charge on any atom is -0.272 e. The lowest BCUT2D eigenvalue weighted by atomic mass is 10.2. The minimum atomic E-state index is -0.0573. The van der Waals surface area contributed by atoms with Gasteiger partial charge in [-0.15, -0.1) is 0 Å². The van der Waals surface area contributed by atoms with E-state index in [9.17, 15) is 4.79 Å². The van der Waals surface area contributed by atoms with Gasteiger partial charge >= 0.3 is 0 Å². The average Bonchev–Trinajstić information content (AvgIpc) is 2.85. The Labute approximate surface area is 89.4 Å². The number of imidazole rings is 1. The Hall–Kier alpha value is -1.90. The van der Waals surface area contributed by atoms with Gasteiger partial charge in [0.1, 0.15) is 6.33 Å². The van der Waals surface area contributed by atoms with E-state index in [1.54, 1.807) is 24.5 Å². The molecule has 78 valence electrons. The molecule has 0 saturated heterocycles. The van der Waals surface area contributed by atoms with Crippen LogP contribution in [0, 0.1) is 0 Å². The molecule has 0 saturated carbocycles. The summed E-state index contributed by atoms with van der Waals surface area (Å²) in [7, 11) is 0. The van der Waals surface area contributed by atoms with Crippen LogP contribution in [0.3, 0.4) is 0 Å². The summed E-state index contributed by atoms with van der Waals surface area (Å²) in [5.41, 5.74) is 0.667. The van der Waals surface area contributed by atoms with Crippen LogP contribution in [0.4, 0.5) is 0 Å². The zero-order chi connectivity index (χ0) is 11.1. The highest BCUT2D eigenvalue weighted by molar-refractivity contribution is 5.95. The highest BCUT2D eigenvalue weighted by Gasteiger charge is 2.05. The molecule has 0 aliphatic carbocycles. The summed E-state index contributed by atoms with van der Waals surface area (Å²) in [6.07, 6.45) is 4.71. The van der Waals surface area contributed by atoms with Crippen molar-refractivity contribution in [3.63, 3.8) is 0 Å². The maximum atomic E-state index is 11.6. The number of rotatable bonds is 1. The van der Waals surface area contributed by atoms with E-state index in [0.29, 0.717) is 5.56 Å². The van der Waals surface area contributed by atoms with Crippen LogP contribution < -0.4 is 0 Å². The standard InChI is InChI=1S/C10H8N2O.C2H6/c13-10(12-7-6-11-8-12)9-4-2-1-3-5-9;1-2/h1-8H;1-2H3. The molecule has 2 rings (SSSR count). The summed E-state index contributed by atoms with van der Waals surface area (Å²) in [5.74, 6) is -0.0573. The first-order valence-electron chi connectivity index (χ1n) is 4.95. The molecule has 15 heavy (non-hydrogen) atoms. The molecule has 0 atom stereocenters. The Bertz CT molecular complexity index is 393. The first-order chi connectivity index (χ1) is 7.38. The van der Waals surface area contributed by atoms with Crippen molar-refractivity contribution < 1.29 is 4.79 Å². The molecule has 0 spiro atoms. The normalized spacial score (nSPS) is 8.93. The van der Waals surface area contributed by atoms with Crippen molar-refractivity contribution in [3.8, 4) is 0 Å². The second-order valence-electron chi connectivity index (χ2n) is 2.64. The van der Waals surface area contributed by atoms with Gasteiger partial charge in [-0.05, 0) is 12.1 Å². The number of hydrogen-bond donors (Lipinski definition) is 0. The monoisotopic (exact) mass is 202 g/mol. The lowest BCUT2D eigenvalue weighted by Crippen LogP contribution is -2.08. The van der Waals surface area contributed by atoms with Crippen LogP contribution in [0.1, 0.15) is 24.2 Å². The number of carbonyl (C=O) groups excluding carboxylic acids is 1. The van der Waals surface area contributed by atoms with Crippen molar-refractivity contribution in [3.05, 3.63) is 54.6 Å². The zero-order valence-electron chi connectivity index (χ0n) is 8.92. The molecule has 1 aromatic heterocycles. The molecule has 0 aliphatic heterocycles. The fourth-order valence-electron chi connectivity index (χ4n) is 1.11. The molecule has 0 bridgehead atoms. The summed E-state index contributed by atoms with van der Waals surface area (Å²) < 4.78 is 1.45. The molecule has 1 aromatic carbocycles. The van der Waals surface area contributed by atoms with Crippen molar-refractivity contribution in [2.45, 2.75) is 13.8 Å². The molecule has 0 fully saturated rings. The van der Waals surface area contributed by atoms with E-state index >= 15 is 0 Å². The molecule has 0 unspecified atom stereocenters. The number of carbonyl (C=O) groups is 1. The van der Waals surface area contributed by atoms with Gasteiger partial charge in [0, 0.05) is 18.0 Å². The van der Waals surface area contributed by atoms with Gasteiger partial charge in [0.25, 0.3) is 5.91 Å². The molecule has 1 heterocycles. The minimum absolute atomic E-state index is 0.0573. The van der Waals surface area contributed by atoms with Gasteiger partial charge in [-0.3, -0.25) is 9.36 Å². The van der Waals surface area contributed by atoms with Crippen molar-refractivity contribution in [2.75, 3.05) is 0 Å². The number of aromatic nitrogens is 2. The number of nitrogens with zero attached hydrogens (tertiary/aromatic N) is 2. The van der Waals surface area contributed by atoms with Crippen LogP contribution in [0.25, 0.3) is 0 Å². The number of benzene rings is 1. The highest BCUT2D eigenvalue weighted by Crippen LogP contribution is 2.01. The van der Waals surface area contributed by atoms with Crippen molar-refractivity contribution in [2.24, 2.45) is 0 Å². The zero-order valence-corrected chi connectivity index (χ0v) is 8.92. The summed E-state index contributed by atoms with van der Waals surface area (Å²) in [4.78, 5) is 15.4. The lowest BCUT2D eigenvalue weighted by Gasteiger charge is -1.99. The Kier molecular flexibility index (Phi) is 4.29. The number of hydrogen-bond acceptors (Lipinski definition) is 2. The third-order valence-electron chi connectivity index (χ3n) is 1.76. The van der Waals surface area contributed by atoms with E-state index in [1.165, 1.54) is 10.9 Å². The van der Waals surface area contributed by atoms with Crippen LogP contribution in [0.15, 0.2) is 49.1 Å². The van der Waals surface area contributed by atoms with Gasteiger partial charge in [-0.25, -0.2) is 4.98 Å². The van der Waals surface area contributed by atoms with Gasteiger partial charge in [0.05, 0.1) is 0 Å². The Morgan fingerprint density at radius 1 is 1.20 bits per heavy atom. The topological polar surface area (TPSA) is 34.9 Å². The molecule has 0 amide bonds. The first-order valence-corrected chi connectivity index (χ1v) is 4.95. The third kappa shape index (κ3) is 2.77. The summed E-state index contributed by atoms with van der Waals surface area (Å²) in [6, 6.07) is 9.11. The molecule has 3 nitrogen and oxygen atoms in total. The molecule has 0 radical (unpaired) electrons. The SMILES string of the molecule is CC.O=C(c1ccccc1)n1ccnc1. The lowest BCUT2D eigenvalue weighted by molar-refractivity contribution is 0.0960. The molecule has 0 N–H and O–H groups in total. The highest BCUT2D eigenvalue weighted by atomic mass is 16.2. The second-order valence-corrected chi connectivity index (χ2v) is 2.64. The van der Waals surface area contributed by atoms with Gasteiger partial charge in [-0.2, -0.15) is 0 Å². The van der Waals surface area contributed by atoms with Crippen LogP contribution in [-0.4, -0.2) is 15.5 Å². The maximum absolute atomic E-state index is 11.6. The molecule has 0 aliphatic rings. The summed E-state index contributed by atoms with van der Waals surface area (Å²) in [6.45, 7) is 4.00. The largest absolute Gasteiger partial charge is 0.272 e. The maximum Gasteiger partial charge on any atom is 0.263 e. The van der Waals surface area contributed by atoms with Gasteiger partial charge < -0.3 is 0 Å². The smallest absolute Gasteiger partial charge is 0.263 e. The fourth-order valence-corrected chi connectivity index (χ4v) is 1.11. The van der Waals surface area contributed by atoms with E-state index < -0.39 is 0 Å². The summed E-state index contributed by atoms with van der Waals surface area (Å²) in [5, 5.41) is 0. The third-order valence-corrected chi connectivity index (χ3v) is 1.76.